The van der Waals surface area contributed by atoms with Crippen LogP contribution in [0.5, 0.6) is 0 Å². The van der Waals surface area contributed by atoms with Gasteiger partial charge in [0, 0.05) is 11.9 Å². The molecular weight excluding hydrogens is 227 g/mol. The summed E-state index contributed by atoms with van der Waals surface area (Å²) in [6.07, 6.45) is 3.93. The number of hydrogen-bond acceptors (Lipinski definition) is 2. The summed E-state index contributed by atoms with van der Waals surface area (Å²) in [5, 5.41) is 3.51. The lowest BCUT2D eigenvalue weighted by Gasteiger charge is -2.18. The van der Waals surface area contributed by atoms with Gasteiger partial charge in [-0.3, -0.25) is 4.98 Å². The first-order valence-electron chi connectivity index (χ1n) is 6.27. The Bertz CT molecular complexity index is 536. The number of nitrogens with one attached hydrogen (secondary N) is 1. The lowest BCUT2D eigenvalue weighted by molar-refractivity contribution is 0.602. The normalized spacial score (nSPS) is 19.1. The Morgan fingerprint density at radius 2 is 2.00 bits per heavy atom. The topological polar surface area (TPSA) is 24.9 Å². The van der Waals surface area contributed by atoms with Crippen LogP contribution in [0.15, 0.2) is 42.6 Å². The molecule has 2 nitrogen and oxygen atoms in total. The monoisotopic (exact) mass is 242 g/mol. The zero-order valence-electron chi connectivity index (χ0n) is 10.1. The Hall–Kier alpha value is -1.74. The lowest BCUT2D eigenvalue weighted by Crippen LogP contribution is -2.22. The summed E-state index contributed by atoms with van der Waals surface area (Å²) in [7, 11) is 0. The number of rotatable bonds is 1. The van der Waals surface area contributed by atoms with Crippen molar-refractivity contribution in [3.63, 3.8) is 0 Å². The summed E-state index contributed by atoms with van der Waals surface area (Å²) >= 11 is 0. The van der Waals surface area contributed by atoms with Crippen molar-refractivity contribution in [3.8, 4) is 0 Å². The van der Waals surface area contributed by atoms with Crippen LogP contribution in [0.2, 0.25) is 0 Å². The average Bonchev–Trinajstić information content (AvgIpc) is 2.62. The molecule has 0 spiro atoms. The minimum atomic E-state index is -0.196. The van der Waals surface area contributed by atoms with Crippen molar-refractivity contribution in [2.45, 2.75) is 18.9 Å². The van der Waals surface area contributed by atoms with E-state index in [1.807, 2.05) is 24.4 Å². The van der Waals surface area contributed by atoms with Gasteiger partial charge in [-0.05, 0) is 48.7 Å². The third-order valence-corrected chi connectivity index (χ3v) is 3.38. The highest BCUT2D eigenvalue weighted by Crippen LogP contribution is 2.27. The number of aryl methyl sites for hydroxylation is 1. The van der Waals surface area contributed by atoms with E-state index >= 15 is 0 Å². The lowest BCUT2D eigenvalue weighted by atomic mass is 9.97. The van der Waals surface area contributed by atoms with Crippen molar-refractivity contribution < 1.29 is 4.39 Å². The number of benzene rings is 1. The van der Waals surface area contributed by atoms with Crippen LogP contribution in [0.3, 0.4) is 0 Å². The van der Waals surface area contributed by atoms with Crippen molar-refractivity contribution in [1.29, 1.82) is 0 Å². The molecule has 0 bridgehead atoms. The fraction of sp³-hybridized carbons (Fsp3) is 0.267. The van der Waals surface area contributed by atoms with Gasteiger partial charge in [-0.2, -0.15) is 0 Å². The van der Waals surface area contributed by atoms with Gasteiger partial charge in [0.2, 0.25) is 0 Å². The first-order valence-corrected chi connectivity index (χ1v) is 6.27. The maximum Gasteiger partial charge on any atom is 0.123 e. The van der Waals surface area contributed by atoms with Gasteiger partial charge in [-0.25, -0.2) is 4.39 Å². The van der Waals surface area contributed by atoms with Gasteiger partial charge < -0.3 is 5.32 Å². The number of halogens is 1. The Kier molecular flexibility index (Phi) is 3.07. The largest absolute Gasteiger partial charge is 0.306 e. The van der Waals surface area contributed by atoms with Gasteiger partial charge in [-0.15, -0.1) is 0 Å². The standard InChI is InChI=1S/C15H15FN2/c16-12-7-5-11(6-8-12)15-13-3-1-9-17-14(13)4-2-10-18-15/h1,3,5-9,15,18H,2,4,10H2/t15-/m0/s1. The molecule has 1 aromatic carbocycles. The highest BCUT2D eigenvalue weighted by Gasteiger charge is 2.20. The Balaban J connectivity index is 2.03. The molecule has 0 fully saturated rings. The molecule has 1 aliphatic heterocycles. The number of pyridine rings is 1. The van der Waals surface area contributed by atoms with Crippen molar-refractivity contribution in [2.75, 3.05) is 6.54 Å². The number of fused-ring (bicyclic) bond motifs is 1. The zero-order chi connectivity index (χ0) is 12.4. The second kappa shape index (κ2) is 4.86. The van der Waals surface area contributed by atoms with E-state index in [1.54, 1.807) is 0 Å². The number of nitrogens with zero attached hydrogens (tertiary/aromatic N) is 1. The maximum absolute atomic E-state index is 13.0. The Labute approximate surface area is 106 Å². The van der Waals surface area contributed by atoms with Crippen LogP contribution in [0, 0.1) is 5.82 Å². The summed E-state index contributed by atoms with van der Waals surface area (Å²) in [6.45, 7) is 0.957. The summed E-state index contributed by atoms with van der Waals surface area (Å²) < 4.78 is 13.0. The van der Waals surface area contributed by atoms with E-state index in [4.69, 9.17) is 0 Å². The highest BCUT2D eigenvalue weighted by molar-refractivity contribution is 5.35. The van der Waals surface area contributed by atoms with E-state index in [0.717, 1.165) is 30.6 Å². The number of aromatic nitrogens is 1. The van der Waals surface area contributed by atoms with Gasteiger partial charge in [0.1, 0.15) is 5.82 Å². The molecule has 92 valence electrons. The minimum absolute atomic E-state index is 0.122. The van der Waals surface area contributed by atoms with Crippen LogP contribution < -0.4 is 5.32 Å². The second-order valence-corrected chi connectivity index (χ2v) is 4.58. The molecule has 1 N–H and O–H groups in total. The van der Waals surface area contributed by atoms with Crippen LogP contribution in [0.1, 0.15) is 29.3 Å². The summed E-state index contributed by atoms with van der Waals surface area (Å²) in [6, 6.07) is 10.9. The van der Waals surface area contributed by atoms with Crippen molar-refractivity contribution >= 4 is 0 Å². The molecule has 3 rings (SSSR count). The van der Waals surface area contributed by atoms with Gasteiger partial charge in [0.15, 0.2) is 0 Å². The zero-order valence-corrected chi connectivity index (χ0v) is 10.1. The first-order chi connectivity index (χ1) is 8.84. The molecule has 0 saturated heterocycles. The summed E-state index contributed by atoms with van der Waals surface area (Å²) in [4.78, 5) is 4.46. The van der Waals surface area contributed by atoms with Crippen molar-refractivity contribution in [3.05, 3.63) is 65.2 Å². The molecule has 18 heavy (non-hydrogen) atoms. The fourth-order valence-electron chi connectivity index (χ4n) is 2.49. The second-order valence-electron chi connectivity index (χ2n) is 4.58. The molecule has 0 amide bonds. The Morgan fingerprint density at radius 1 is 1.17 bits per heavy atom. The van der Waals surface area contributed by atoms with E-state index in [-0.39, 0.29) is 11.9 Å². The fourth-order valence-corrected chi connectivity index (χ4v) is 2.49. The number of hydrogen-bond donors (Lipinski definition) is 1. The molecule has 1 atom stereocenters. The Morgan fingerprint density at radius 3 is 2.83 bits per heavy atom. The first kappa shape index (κ1) is 11.4. The van der Waals surface area contributed by atoms with Gasteiger partial charge in [0.05, 0.1) is 6.04 Å². The van der Waals surface area contributed by atoms with E-state index < -0.39 is 0 Å². The molecule has 2 aromatic rings. The van der Waals surface area contributed by atoms with Crippen LogP contribution in [0.4, 0.5) is 4.39 Å². The van der Waals surface area contributed by atoms with Crippen LogP contribution in [-0.4, -0.2) is 11.5 Å². The molecule has 1 aromatic heterocycles. The molecule has 1 aliphatic rings. The van der Waals surface area contributed by atoms with Crippen LogP contribution >= 0.6 is 0 Å². The van der Waals surface area contributed by atoms with Gasteiger partial charge in [0.25, 0.3) is 0 Å². The quantitative estimate of drug-likeness (QED) is 0.831. The van der Waals surface area contributed by atoms with E-state index in [1.165, 1.54) is 17.7 Å². The third-order valence-electron chi connectivity index (χ3n) is 3.38. The third kappa shape index (κ3) is 2.14. The highest BCUT2D eigenvalue weighted by atomic mass is 19.1. The smallest absolute Gasteiger partial charge is 0.123 e. The van der Waals surface area contributed by atoms with Crippen LogP contribution in [-0.2, 0) is 6.42 Å². The summed E-state index contributed by atoms with van der Waals surface area (Å²) in [5.41, 5.74) is 3.45. The maximum atomic E-state index is 13.0. The van der Waals surface area contributed by atoms with E-state index in [2.05, 4.69) is 16.4 Å². The predicted octanol–water partition coefficient (Wildman–Crippen LogP) is 2.85. The van der Waals surface area contributed by atoms with Gasteiger partial charge >= 0.3 is 0 Å². The molecule has 0 aliphatic carbocycles. The molecule has 3 heteroatoms. The van der Waals surface area contributed by atoms with Gasteiger partial charge in [-0.1, -0.05) is 18.2 Å². The van der Waals surface area contributed by atoms with E-state index in [0.29, 0.717) is 0 Å². The SMILES string of the molecule is Fc1ccc([C@@H]2NCCCc3ncccc32)cc1. The van der Waals surface area contributed by atoms with Crippen LogP contribution in [0.25, 0.3) is 0 Å². The molecule has 0 saturated carbocycles. The predicted molar refractivity (Wildman–Crippen MR) is 68.8 cm³/mol. The average molecular weight is 242 g/mol. The molecule has 0 unspecified atom stereocenters. The molecule has 0 radical (unpaired) electrons. The molecule has 2 heterocycles. The van der Waals surface area contributed by atoms with E-state index in [9.17, 15) is 4.39 Å². The summed E-state index contributed by atoms with van der Waals surface area (Å²) in [5.74, 6) is -0.196. The molecular formula is C15H15FN2. The minimum Gasteiger partial charge on any atom is -0.306 e. The van der Waals surface area contributed by atoms with Crippen molar-refractivity contribution in [1.82, 2.24) is 10.3 Å². The van der Waals surface area contributed by atoms with Crippen molar-refractivity contribution in [2.24, 2.45) is 0 Å².